The van der Waals surface area contributed by atoms with Crippen LogP contribution in [0, 0.1) is 0 Å². The Labute approximate surface area is 170 Å². The number of nitrogens with one attached hydrogen (secondary N) is 2. The molecule has 0 aliphatic rings. The highest BCUT2D eigenvalue weighted by Crippen LogP contribution is 2.12. The molecule has 0 aliphatic carbocycles. The summed E-state index contributed by atoms with van der Waals surface area (Å²) in [6.45, 7) is 1.50. The van der Waals surface area contributed by atoms with E-state index in [4.69, 9.17) is 9.15 Å². The Bertz CT molecular complexity index is 865. The summed E-state index contributed by atoms with van der Waals surface area (Å²) in [7, 11) is 1.65. The summed E-state index contributed by atoms with van der Waals surface area (Å²) in [4.78, 5) is 8.61. The third-order valence-electron chi connectivity index (χ3n) is 4.38. The number of aliphatic hydroxyl groups excluding tert-OH is 1. The standard InChI is InChI=1S/C22H26N4O3/c1-28-19-6-4-17(5-7-19)15-25-22(24-13-10-20-3-2-14-29-20)26-16-21(27)18-8-11-23-12-9-18/h2-9,11-12,14,21,27H,10,13,15-16H2,1H3,(H2,24,25,26). The minimum atomic E-state index is -0.656. The van der Waals surface area contributed by atoms with E-state index >= 15 is 0 Å². The summed E-state index contributed by atoms with van der Waals surface area (Å²) in [6, 6.07) is 15.2. The fourth-order valence-electron chi connectivity index (χ4n) is 2.73. The molecule has 7 nitrogen and oxygen atoms in total. The van der Waals surface area contributed by atoms with Gasteiger partial charge in [-0.25, -0.2) is 4.99 Å². The smallest absolute Gasteiger partial charge is 0.191 e. The number of aromatic nitrogens is 1. The van der Waals surface area contributed by atoms with Crippen LogP contribution in [-0.2, 0) is 13.0 Å². The van der Waals surface area contributed by atoms with E-state index in [9.17, 15) is 5.11 Å². The van der Waals surface area contributed by atoms with Crippen molar-refractivity contribution >= 4 is 5.96 Å². The lowest BCUT2D eigenvalue weighted by molar-refractivity contribution is 0.180. The summed E-state index contributed by atoms with van der Waals surface area (Å²) in [5.41, 5.74) is 1.87. The van der Waals surface area contributed by atoms with E-state index in [1.165, 1.54) is 0 Å². The van der Waals surface area contributed by atoms with E-state index < -0.39 is 6.10 Å². The molecule has 0 fully saturated rings. The first-order chi connectivity index (χ1) is 14.2. The second-order valence-corrected chi connectivity index (χ2v) is 6.45. The number of methoxy groups -OCH3 is 1. The number of hydrogen-bond acceptors (Lipinski definition) is 5. The Hall–Kier alpha value is -3.32. The Morgan fingerprint density at radius 1 is 1.14 bits per heavy atom. The molecule has 1 aromatic carbocycles. The maximum Gasteiger partial charge on any atom is 0.191 e. The van der Waals surface area contributed by atoms with Gasteiger partial charge in [-0.3, -0.25) is 4.98 Å². The molecule has 7 heteroatoms. The second kappa shape index (κ2) is 10.9. The summed E-state index contributed by atoms with van der Waals surface area (Å²) >= 11 is 0. The van der Waals surface area contributed by atoms with Crippen LogP contribution in [-0.4, -0.2) is 36.2 Å². The highest BCUT2D eigenvalue weighted by atomic mass is 16.5. The predicted molar refractivity (Wildman–Crippen MR) is 112 cm³/mol. The van der Waals surface area contributed by atoms with E-state index in [-0.39, 0.29) is 0 Å². The molecular formula is C22H26N4O3. The van der Waals surface area contributed by atoms with Gasteiger partial charge in [0.05, 0.1) is 26.0 Å². The molecule has 1 atom stereocenters. The van der Waals surface area contributed by atoms with Crippen molar-refractivity contribution in [1.29, 1.82) is 0 Å². The van der Waals surface area contributed by atoms with Gasteiger partial charge in [-0.1, -0.05) is 12.1 Å². The van der Waals surface area contributed by atoms with Crippen molar-refractivity contribution in [2.45, 2.75) is 19.1 Å². The molecule has 3 rings (SSSR count). The van der Waals surface area contributed by atoms with Crippen molar-refractivity contribution in [3.8, 4) is 5.75 Å². The lowest BCUT2D eigenvalue weighted by Crippen LogP contribution is -2.40. The van der Waals surface area contributed by atoms with Crippen LogP contribution in [0.2, 0.25) is 0 Å². The minimum Gasteiger partial charge on any atom is -0.497 e. The maximum atomic E-state index is 10.4. The molecular weight excluding hydrogens is 368 g/mol. The summed E-state index contributed by atoms with van der Waals surface area (Å²) in [5, 5.41) is 16.9. The first-order valence-electron chi connectivity index (χ1n) is 9.50. The molecule has 2 aromatic heterocycles. The molecule has 3 aromatic rings. The number of benzene rings is 1. The topological polar surface area (TPSA) is 91.9 Å². The van der Waals surface area contributed by atoms with Crippen molar-refractivity contribution in [1.82, 2.24) is 15.6 Å². The number of hydrogen-bond donors (Lipinski definition) is 3. The average Bonchev–Trinajstić information content (AvgIpc) is 3.29. The normalized spacial score (nSPS) is 12.4. The minimum absolute atomic E-state index is 0.333. The molecule has 0 radical (unpaired) electrons. The Kier molecular flexibility index (Phi) is 7.65. The van der Waals surface area contributed by atoms with Crippen LogP contribution in [0.5, 0.6) is 5.75 Å². The summed E-state index contributed by atoms with van der Waals surface area (Å²) in [6.07, 6.45) is 5.08. The Morgan fingerprint density at radius 2 is 1.93 bits per heavy atom. The first kappa shape index (κ1) is 20.4. The molecule has 0 aliphatic heterocycles. The van der Waals surface area contributed by atoms with Gasteiger partial charge in [0.2, 0.25) is 0 Å². The van der Waals surface area contributed by atoms with E-state index in [0.717, 1.165) is 29.1 Å². The molecule has 3 N–H and O–H groups in total. The van der Waals surface area contributed by atoms with E-state index in [2.05, 4.69) is 20.6 Å². The monoisotopic (exact) mass is 394 g/mol. The second-order valence-electron chi connectivity index (χ2n) is 6.45. The van der Waals surface area contributed by atoms with Gasteiger partial charge in [0, 0.05) is 31.9 Å². The van der Waals surface area contributed by atoms with Crippen molar-refractivity contribution in [3.63, 3.8) is 0 Å². The fraction of sp³-hybridized carbons (Fsp3) is 0.273. The number of furan rings is 1. The highest BCUT2D eigenvalue weighted by Gasteiger charge is 2.08. The molecule has 1 unspecified atom stereocenters. The fourth-order valence-corrected chi connectivity index (χ4v) is 2.73. The zero-order valence-corrected chi connectivity index (χ0v) is 16.4. The van der Waals surface area contributed by atoms with Crippen LogP contribution < -0.4 is 15.4 Å². The number of rotatable bonds is 9. The number of aliphatic imine (C=N–C) groups is 1. The van der Waals surface area contributed by atoms with Gasteiger partial charge in [0.15, 0.2) is 5.96 Å². The third-order valence-corrected chi connectivity index (χ3v) is 4.38. The van der Waals surface area contributed by atoms with Crippen LogP contribution in [0.3, 0.4) is 0 Å². The van der Waals surface area contributed by atoms with E-state index in [0.29, 0.717) is 25.6 Å². The van der Waals surface area contributed by atoms with Crippen LogP contribution in [0.25, 0.3) is 0 Å². The molecule has 152 valence electrons. The van der Waals surface area contributed by atoms with Gasteiger partial charge in [-0.2, -0.15) is 0 Å². The van der Waals surface area contributed by atoms with Gasteiger partial charge in [0.25, 0.3) is 0 Å². The quantitative estimate of drug-likeness (QED) is 0.382. The molecule has 0 amide bonds. The molecule has 0 saturated heterocycles. The number of nitrogens with zero attached hydrogens (tertiary/aromatic N) is 2. The molecule has 2 heterocycles. The Balaban J connectivity index is 1.59. The van der Waals surface area contributed by atoms with Crippen LogP contribution in [0.1, 0.15) is 23.0 Å². The van der Waals surface area contributed by atoms with E-state index in [1.807, 2.05) is 36.4 Å². The van der Waals surface area contributed by atoms with Gasteiger partial charge >= 0.3 is 0 Å². The zero-order valence-electron chi connectivity index (χ0n) is 16.4. The van der Waals surface area contributed by atoms with Gasteiger partial charge in [0.1, 0.15) is 11.5 Å². The Morgan fingerprint density at radius 3 is 2.62 bits per heavy atom. The van der Waals surface area contributed by atoms with E-state index in [1.54, 1.807) is 37.9 Å². The van der Waals surface area contributed by atoms with Crippen LogP contribution >= 0.6 is 0 Å². The number of guanidine groups is 1. The average molecular weight is 394 g/mol. The SMILES string of the molecule is COc1ccc(CN=C(NCCc2ccco2)NCC(O)c2ccncc2)cc1. The lowest BCUT2D eigenvalue weighted by atomic mass is 10.1. The van der Waals surface area contributed by atoms with Crippen LogP contribution in [0.15, 0.2) is 76.6 Å². The number of aliphatic hydroxyl groups is 1. The van der Waals surface area contributed by atoms with Gasteiger partial charge < -0.3 is 24.9 Å². The molecule has 0 saturated carbocycles. The highest BCUT2D eigenvalue weighted by molar-refractivity contribution is 5.79. The first-order valence-corrected chi connectivity index (χ1v) is 9.50. The predicted octanol–water partition coefficient (Wildman–Crippen LogP) is 2.69. The van der Waals surface area contributed by atoms with Crippen molar-refractivity contribution in [2.75, 3.05) is 20.2 Å². The van der Waals surface area contributed by atoms with Crippen LogP contribution in [0.4, 0.5) is 0 Å². The molecule has 0 bridgehead atoms. The number of pyridine rings is 1. The van der Waals surface area contributed by atoms with Crippen molar-refractivity contribution in [3.05, 3.63) is 84.1 Å². The van der Waals surface area contributed by atoms with Gasteiger partial charge in [-0.05, 0) is 47.5 Å². The summed E-state index contributed by atoms with van der Waals surface area (Å²) in [5.74, 6) is 2.34. The van der Waals surface area contributed by atoms with Crippen molar-refractivity contribution in [2.24, 2.45) is 4.99 Å². The zero-order chi connectivity index (χ0) is 20.3. The molecule has 0 spiro atoms. The van der Waals surface area contributed by atoms with Gasteiger partial charge in [-0.15, -0.1) is 0 Å². The van der Waals surface area contributed by atoms with Crippen molar-refractivity contribution < 1.29 is 14.3 Å². The maximum absolute atomic E-state index is 10.4. The molecule has 29 heavy (non-hydrogen) atoms. The summed E-state index contributed by atoms with van der Waals surface area (Å²) < 4.78 is 10.6. The number of ether oxygens (including phenoxy) is 1. The lowest BCUT2D eigenvalue weighted by Gasteiger charge is -2.16. The largest absolute Gasteiger partial charge is 0.497 e. The third kappa shape index (κ3) is 6.65.